The first kappa shape index (κ1) is 7.55. The van der Waals surface area contributed by atoms with Gasteiger partial charge in [-0.25, -0.2) is 0 Å². The second-order valence-corrected chi connectivity index (χ2v) is 2.80. The predicted molar refractivity (Wildman–Crippen MR) is 44.5 cm³/mol. The Balaban J connectivity index is 2.66. The highest BCUT2D eigenvalue weighted by molar-refractivity contribution is 5.03. The Morgan fingerprint density at radius 1 is 1.20 bits per heavy atom. The number of nitrogens with zero attached hydrogens (tertiary/aromatic N) is 1. The SMILES string of the molecule is CC[N+]1(CC)C=CC=CC1. The highest BCUT2D eigenvalue weighted by Crippen LogP contribution is 2.11. The van der Waals surface area contributed by atoms with Crippen LogP contribution in [0.15, 0.2) is 24.4 Å². The zero-order valence-corrected chi connectivity index (χ0v) is 6.88. The van der Waals surface area contributed by atoms with Crippen LogP contribution < -0.4 is 0 Å². The van der Waals surface area contributed by atoms with Gasteiger partial charge < -0.3 is 0 Å². The molecule has 0 aromatic rings. The molecule has 1 aliphatic rings. The van der Waals surface area contributed by atoms with Crippen molar-refractivity contribution in [2.45, 2.75) is 13.8 Å². The standard InChI is InChI=1S/C9H16N/c1-3-10(4-2)8-6-5-7-9-10/h5-8H,3-4,9H2,1-2H3/q+1. The van der Waals surface area contributed by atoms with E-state index in [4.69, 9.17) is 0 Å². The topological polar surface area (TPSA) is 0 Å². The predicted octanol–water partition coefficient (Wildman–Crippen LogP) is 1.93. The summed E-state index contributed by atoms with van der Waals surface area (Å²) in [6, 6.07) is 0. The molecule has 0 amide bonds. The normalized spacial score (nSPS) is 21.4. The molecule has 1 nitrogen and oxygen atoms in total. The molecule has 0 aromatic carbocycles. The molecule has 0 saturated heterocycles. The van der Waals surface area contributed by atoms with Crippen molar-refractivity contribution < 1.29 is 4.48 Å². The summed E-state index contributed by atoms with van der Waals surface area (Å²) in [5, 5.41) is 0. The summed E-state index contributed by atoms with van der Waals surface area (Å²) >= 11 is 0. The van der Waals surface area contributed by atoms with E-state index < -0.39 is 0 Å². The maximum Gasteiger partial charge on any atom is 0.102 e. The third kappa shape index (κ3) is 1.29. The number of hydrogen-bond acceptors (Lipinski definition) is 0. The van der Waals surface area contributed by atoms with Gasteiger partial charge in [0.05, 0.1) is 19.3 Å². The van der Waals surface area contributed by atoms with Gasteiger partial charge in [-0.3, -0.25) is 4.48 Å². The van der Waals surface area contributed by atoms with Crippen LogP contribution in [-0.4, -0.2) is 24.1 Å². The van der Waals surface area contributed by atoms with Crippen molar-refractivity contribution in [3.63, 3.8) is 0 Å². The van der Waals surface area contributed by atoms with Crippen molar-refractivity contribution in [3.05, 3.63) is 24.4 Å². The molecule has 0 N–H and O–H groups in total. The van der Waals surface area contributed by atoms with Crippen LogP contribution in [0.1, 0.15) is 13.8 Å². The average Bonchev–Trinajstić information content (AvgIpc) is 2.06. The molecule has 0 spiro atoms. The summed E-state index contributed by atoms with van der Waals surface area (Å²) < 4.78 is 1.12. The Hall–Kier alpha value is -0.560. The van der Waals surface area contributed by atoms with Crippen LogP contribution >= 0.6 is 0 Å². The van der Waals surface area contributed by atoms with E-state index in [1.165, 1.54) is 19.6 Å². The van der Waals surface area contributed by atoms with Crippen molar-refractivity contribution in [3.8, 4) is 0 Å². The first-order chi connectivity index (χ1) is 4.83. The minimum atomic E-state index is 1.12. The van der Waals surface area contributed by atoms with Crippen LogP contribution in [0.25, 0.3) is 0 Å². The zero-order chi connectivity index (χ0) is 7.45. The van der Waals surface area contributed by atoms with Gasteiger partial charge in [0.2, 0.25) is 0 Å². The Bertz CT molecular complexity index is 152. The van der Waals surface area contributed by atoms with Crippen LogP contribution in [0.4, 0.5) is 0 Å². The smallest absolute Gasteiger partial charge is 0.102 e. The van der Waals surface area contributed by atoms with Crippen molar-refractivity contribution in [1.82, 2.24) is 0 Å². The molecule has 0 unspecified atom stereocenters. The fourth-order valence-electron chi connectivity index (χ4n) is 1.34. The Morgan fingerprint density at radius 2 is 1.90 bits per heavy atom. The molecule has 0 aromatic heterocycles. The molecule has 1 heteroatoms. The van der Waals surface area contributed by atoms with Gasteiger partial charge >= 0.3 is 0 Å². The van der Waals surface area contributed by atoms with Crippen molar-refractivity contribution >= 4 is 0 Å². The average molecular weight is 138 g/mol. The monoisotopic (exact) mass is 138 g/mol. The highest BCUT2D eigenvalue weighted by Gasteiger charge is 2.18. The Labute approximate surface area is 63.2 Å². The lowest BCUT2D eigenvalue weighted by atomic mass is 10.3. The first-order valence-electron chi connectivity index (χ1n) is 4.03. The van der Waals surface area contributed by atoms with E-state index in [0.717, 1.165) is 4.48 Å². The summed E-state index contributed by atoms with van der Waals surface area (Å²) in [7, 11) is 0. The number of likely N-dealkylation sites (N-methyl/N-ethyl adjacent to an activating group) is 1. The van der Waals surface area contributed by atoms with Gasteiger partial charge in [0, 0.05) is 0 Å². The summed E-state index contributed by atoms with van der Waals surface area (Å²) in [5.41, 5.74) is 0. The molecule has 56 valence electrons. The minimum absolute atomic E-state index is 1.12. The number of allylic oxidation sites excluding steroid dienone is 2. The second-order valence-electron chi connectivity index (χ2n) is 2.80. The van der Waals surface area contributed by atoms with E-state index in [0.29, 0.717) is 0 Å². The van der Waals surface area contributed by atoms with E-state index in [1.54, 1.807) is 0 Å². The summed E-state index contributed by atoms with van der Waals surface area (Å²) in [4.78, 5) is 0. The minimum Gasteiger partial charge on any atom is -0.294 e. The van der Waals surface area contributed by atoms with Crippen LogP contribution in [0.3, 0.4) is 0 Å². The van der Waals surface area contributed by atoms with Gasteiger partial charge in [0.25, 0.3) is 0 Å². The van der Waals surface area contributed by atoms with E-state index in [2.05, 4.69) is 38.3 Å². The van der Waals surface area contributed by atoms with Gasteiger partial charge in [0.15, 0.2) is 0 Å². The lowest BCUT2D eigenvalue weighted by molar-refractivity contribution is -0.870. The van der Waals surface area contributed by atoms with E-state index in [-0.39, 0.29) is 0 Å². The molecule has 0 radical (unpaired) electrons. The molecule has 10 heavy (non-hydrogen) atoms. The van der Waals surface area contributed by atoms with Gasteiger partial charge in [-0.1, -0.05) is 6.08 Å². The lowest BCUT2D eigenvalue weighted by Crippen LogP contribution is -2.43. The summed E-state index contributed by atoms with van der Waals surface area (Å²) in [6.07, 6.45) is 8.81. The lowest BCUT2D eigenvalue weighted by Gasteiger charge is -2.32. The molecular formula is C9H16N+. The zero-order valence-electron chi connectivity index (χ0n) is 6.88. The van der Waals surface area contributed by atoms with E-state index in [1.807, 2.05) is 0 Å². The Morgan fingerprint density at radius 3 is 2.20 bits per heavy atom. The van der Waals surface area contributed by atoms with Gasteiger partial charge in [-0.05, 0) is 26.0 Å². The van der Waals surface area contributed by atoms with Gasteiger partial charge in [-0.2, -0.15) is 0 Å². The molecular weight excluding hydrogens is 122 g/mol. The van der Waals surface area contributed by atoms with Crippen LogP contribution in [0.5, 0.6) is 0 Å². The number of quaternary nitrogens is 1. The quantitative estimate of drug-likeness (QED) is 0.511. The van der Waals surface area contributed by atoms with E-state index >= 15 is 0 Å². The fraction of sp³-hybridized carbons (Fsp3) is 0.556. The summed E-state index contributed by atoms with van der Waals surface area (Å²) in [6.45, 7) is 8.07. The van der Waals surface area contributed by atoms with Gasteiger partial charge in [0.1, 0.15) is 6.54 Å². The molecule has 0 fully saturated rings. The van der Waals surface area contributed by atoms with Crippen molar-refractivity contribution in [2.24, 2.45) is 0 Å². The molecule has 1 rings (SSSR count). The second kappa shape index (κ2) is 3.02. The maximum atomic E-state index is 2.29. The van der Waals surface area contributed by atoms with Crippen LogP contribution in [0.2, 0.25) is 0 Å². The Kier molecular flexibility index (Phi) is 2.28. The van der Waals surface area contributed by atoms with Crippen molar-refractivity contribution in [1.29, 1.82) is 0 Å². The van der Waals surface area contributed by atoms with Crippen molar-refractivity contribution in [2.75, 3.05) is 19.6 Å². The molecule has 1 aliphatic heterocycles. The third-order valence-corrected chi connectivity index (χ3v) is 2.38. The summed E-state index contributed by atoms with van der Waals surface area (Å²) in [5.74, 6) is 0. The number of hydrogen-bond donors (Lipinski definition) is 0. The van der Waals surface area contributed by atoms with Gasteiger partial charge in [-0.15, -0.1) is 0 Å². The maximum absolute atomic E-state index is 2.29. The molecule has 0 atom stereocenters. The molecule has 0 bridgehead atoms. The van der Waals surface area contributed by atoms with Crippen LogP contribution in [-0.2, 0) is 0 Å². The third-order valence-electron chi connectivity index (χ3n) is 2.38. The highest BCUT2D eigenvalue weighted by atomic mass is 15.3. The first-order valence-corrected chi connectivity index (χ1v) is 4.03. The van der Waals surface area contributed by atoms with E-state index in [9.17, 15) is 0 Å². The largest absolute Gasteiger partial charge is 0.294 e. The molecule has 0 saturated carbocycles. The number of rotatable bonds is 2. The van der Waals surface area contributed by atoms with Crippen LogP contribution in [0, 0.1) is 0 Å². The fourth-order valence-corrected chi connectivity index (χ4v) is 1.34. The molecule has 0 aliphatic carbocycles. The molecule has 1 heterocycles.